The molecule has 3 heteroatoms. The van der Waals surface area contributed by atoms with Crippen LogP contribution in [0, 0.1) is 40.9 Å². The Kier molecular flexibility index (Phi) is 2.74. The van der Waals surface area contributed by atoms with Crippen molar-refractivity contribution in [1.82, 2.24) is 0 Å². The van der Waals surface area contributed by atoms with Crippen LogP contribution in [0.15, 0.2) is 0 Å². The molecule has 24 heavy (non-hydrogen) atoms. The van der Waals surface area contributed by atoms with Gasteiger partial charge >= 0.3 is 0 Å². The molecule has 4 aliphatic carbocycles. The zero-order valence-electron chi connectivity index (χ0n) is 14.8. The Bertz CT molecular complexity index is 664. The lowest BCUT2D eigenvalue weighted by Gasteiger charge is -2.59. The van der Waals surface area contributed by atoms with E-state index in [1.54, 1.807) is 0 Å². The summed E-state index contributed by atoms with van der Waals surface area (Å²) in [7, 11) is 0. The molecule has 8 atom stereocenters. The number of carbonyl (C=O) groups excluding carboxylic acids is 1. The monoisotopic (exact) mass is 328 g/mol. The molecule has 1 aliphatic heterocycles. The predicted octanol–water partition coefficient (Wildman–Crippen LogP) is 3.09. The van der Waals surface area contributed by atoms with E-state index in [1.807, 2.05) is 0 Å². The maximum atomic E-state index is 12.2. The standard InChI is InChI=1S/C21H28O3/c1-4-20(23)11-7-14-13-5-12-21-17(24-21)16(22)8-10-19(21,3)15(13)6-9-18(14,20)2/h1,13-15,17,23H,5-12H2,2-3H3/t13-,14-,15-,17+,18-,19+,20-,21+/m0/s1. The van der Waals surface area contributed by atoms with Crippen molar-refractivity contribution in [1.29, 1.82) is 0 Å². The highest BCUT2D eigenvalue weighted by Crippen LogP contribution is 2.73. The Morgan fingerprint density at radius 3 is 2.54 bits per heavy atom. The summed E-state index contributed by atoms with van der Waals surface area (Å²) in [5.41, 5.74) is -1.09. The lowest BCUT2D eigenvalue weighted by atomic mass is 9.44. The van der Waals surface area contributed by atoms with Crippen molar-refractivity contribution in [2.45, 2.75) is 82.5 Å². The number of Topliss-reactive ketones (excluding diaryl/α,β-unsaturated/α-hetero) is 1. The molecular weight excluding hydrogens is 300 g/mol. The third-order valence-corrected chi connectivity index (χ3v) is 9.34. The number of hydrogen-bond acceptors (Lipinski definition) is 3. The molecule has 1 saturated heterocycles. The Morgan fingerprint density at radius 2 is 1.79 bits per heavy atom. The molecule has 0 aromatic heterocycles. The molecule has 1 heterocycles. The number of hydrogen-bond donors (Lipinski definition) is 1. The van der Waals surface area contributed by atoms with Crippen LogP contribution in [0.3, 0.4) is 0 Å². The van der Waals surface area contributed by atoms with Crippen molar-refractivity contribution in [3.63, 3.8) is 0 Å². The van der Waals surface area contributed by atoms with E-state index in [9.17, 15) is 9.90 Å². The fraction of sp³-hybridized carbons (Fsp3) is 0.857. The minimum atomic E-state index is -0.931. The van der Waals surface area contributed by atoms with E-state index in [1.165, 1.54) is 0 Å². The van der Waals surface area contributed by atoms with Gasteiger partial charge in [0.15, 0.2) is 5.78 Å². The molecule has 0 amide bonds. The minimum absolute atomic E-state index is 0.114. The maximum absolute atomic E-state index is 12.2. The fourth-order valence-electron chi connectivity index (χ4n) is 7.75. The summed E-state index contributed by atoms with van der Waals surface area (Å²) in [6.07, 6.45) is 13.3. The zero-order chi connectivity index (χ0) is 17.0. The van der Waals surface area contributed by atoms with E-state index >= 15 is 0 Å². The minimum Gasteiger partial charge on any atom is -0.377 e. The van der Waals surface area contributed by atoms with Gasteiger partial charge in [0.25, 0.3) is 0 Å². The van der Waals surface area contributed by atoms with Crippen LogP contribution in [0.5, 0.6) is 0 Å². The molecule has 4 saturated carbocycles. The van der Waals surface area contributed by atoms with Crippen LogP contribution < -0.4 is 0 Å². The summed E-state index contributed by atoms with van der Waals surface area (Å²) < 4.78 is 6.10. The lowest BCUT2D eigenvalue weighted by Crippen LogP contribution is -2.59. The van der Waals surface area contributed by atoms with Gasteiger partial charge in [0, 0.05) is 17.3 Å². The number of terminal acetylenes is 1. The first-order valence-corrected chi connectivity index (χ1v) is 9.72. The van der Waals surface area contributed by atoms with Crippen LogP contribution >= 0.6 is 0 Å². The molecule has 1 N–H and O–H groups in total. The van der Waals surface area contributed by atoms with Gasteiger partial charge in [0.2, 0.25) is 0 Å². The second-order valence-electron chi connectivity index (χ2n) is 9.69. The molecular formula is C21H28O3. The average molecular weight is 328 g/mol. The number of aliphatic hydroxyl groups is 1. The number of fused-ring (bicyclic) bond motifs is 4. The van der Waals surface area contributed by atoms with Crippen molar-refractivity contribution in [3.05, 3.63) is 0 Å². The summed E-state index contributed by atoms with van der Waals surface area (Å²) in [6.45, 7) is 4.62. The summed E-state index contributed by atoms with van der Waals surface area (Å²) >= 11 is 0. The molecule has 0 aromatic rings. The molecule has 5 rings (SSSR count). The smallest absolute Gasteiger partial charge is 0.164 e. The molecule has 0 aromatic carbocycles. The van der Waals surface area contributed by atoms with Crippen LogP contribution in [-0.4, -0.2) is 28.2 Å². The second-order valence-corrected chi connectivity index (χ2v) is 9.69. The van der Waals surface area contributed by atoms with E-state index in [-0.39, 0.29) is 22.5 Å². The first-order chi connectivity index (χ1) is 11.3. The van der Waals surface area contributed by atoms with E-state index in [0.717, 1.165) is 44.9 Å². The van der Waals surface area contributed by atoms with Gasteiger partial charge in [-0.05, 0) is 62.7 Å². The summed E-state index contributed by atoms with van der Waals surface area (Å²) in [4.78, 5) is 12.2. The second kappa shape index (κ2) is 4.27. The first kappa shape index (κ1) is 15.4. The van der Waals surface area contributed by atoms with E-state index < -0.39 is 5.60 Å². The van der Waals surface area contributed by atoms with E-state index in [2.05, 4.69) is 19.8 Å². The molecule has 1 spiro atoms. The highest BCUT2D eigenvalue weighted by molar-refractivity contribution is 5.88. The van der Waals surface area contributed by atoms with E-state index in [4.69, 9.17) is 11.2 Å². The number of carbonyl (C=O) groups is 1. The Morgan fingerprint density at radius 1 is 1.08 bits per heavy atom. The third-order valence-electron chi connectivity index (χ3n) is 9.34. The lowest BCUT2D eigenvalue weighted by molar-refractivity contribution is -0.141. The summed E-state index contributed by atoms with van der Waals surface area (Å²) in [5, 5.41) is 11.0. The topological polar surface area (TPSA) is 49.8 Å². The Hall–Kier alpha value is -0.850. The average Bonchev–Trinajstić information content (AvgIpc) is 3.25. The van der Waals surface area contributed by atoms with Crippen molar-refractivity contribution >= 4 is 5.78 Å². The maximum Gasteiger partial charge on any atom is 0.164 e. The fourth-order valence-corrected chi connectivity index (χ4v) is 7.75. The van der Waals surface area contributed by atoms with Gasteiger partial charge in [0.05, 0.1) is 0 Å². The molecule has 5 fully saturated rings. The molecule has 130 valence electrons. The molecule has 5 aliphatic rings. The Balaban J connectivity index is 1.51. The number of ketones is 1. The van der Waals surface area contributed by atoms with Gasteiger partial charge in [-0.3, -0.25) is 4.79 Å². The molecule has 3 nitrogen and oxygen atoms in total. The number of rotatable bonds is 0. The number of ether oxygens (including phenoxy) is 1. The van der Waals surface area contributed by atoms with Crippen LogP contribution in [-0.2, 0) is 9.53 Å². The van der Waals surface area contributed by atoms with Crippen molar-refractivity contribution < 1.29 is 14.6 Å². The van der Waals surface area contributed by atoms with Gasteiger partial charge < -0.3 is 9.84 Å². The van der Waals surface area contributed by atoms with Gasteiger partial charge in [-0.1, -0.05) is 19.8 Å². The Labute approximate surface area is 144 Å². The first-order valence-electron chi connectivity index (χ1n) is 9.72. The van der Waals surface area contributed by atoms with E-state index in [0.29, 0.717) is 30.0 Å². The molecule has 0 unspecified atom stereocenters. The van der Waals surface area contributed by atoms with Gasteiger partial charge in [-0.2, -0.15) is 0 Å². The summed E-state index contributed by atoms with van der Waals surface area (Å²) in [6, 6.07) is 0. The largest absolute Gasteiger partial charge is 0.377 e. The highest BCUT2D eigenvalue weighted by Gasteiger charge is 2.77. The van der Waals surface area contributed by atoms with Crippen LogP contribution in [0.1, 0.15) is 65.2 Å². The molecule has 0 radical (unpaired) electrons. The van der Waals surface area contributed by atoms with Crippen LogP contribution in [0.2, 0.25) is 0 Å². The van der Waals surface area contributed by atoms with Crippen molar-refractivity contribution in [3.8, 4) is 12.3 Å². The normalized spacial score (nSPS) is 61.2. The molecule has 0 bridgehead atoms. The summed E-state index contributed by atoms with van der Waals surface area (Å²) in [5.74, 6) is 4.83. The quantitative estimate of drug-likeness (QED) is 0.549. The highest BCUT2D eigenvalue weighted by atomic mass is 16.6. The van der Waals surface area contributed by atoms with Crippen LogP contribution in [0.25, 0.3) is 0 Å². The van der Waals surface area contributed by atoms with Crippen LogP contribution in [0.4, 0.5) is 0 Å². The van der Waals surface area contributed by atoms with Crippen molar-refractivity contribution in [2.75, 3.05) is 0 Å². The van der Waals surface area contributed by atoms with Gasteiger partial charge in [-0.15, -0.1) is 6.42 Å². The van der Waals surface area contributed by atoms with Gasteiger partial charge in [0.1, 0.15) is 17.3 Å². The third kappa shape index (κ3) is 1.44. The SMILES string of the molecule is C#C[C@]1(O)CC[C@H]2[C@@H]3CC[C@@]45O[C@@H]4C(=O)CC[C@]5(C)[C@H]3CC[C@@]21C. The zero-order valence-corrected chi connectivity index (χ0v) is 14.8. The number of epoxide rings is 1. The van der Waals surface area contributed by atoms with Gasteiger partial charge in [-0.25, -0.2) is 0 Å². The van der Waals surface area contributed by atoms with Crippen molar-refractivity contribution in [2.24, 2.45) is 28.6 Å². The predicted molar refractivity (Wildman–Crippen MR) is 90.0 cm³/mol.